The first kappa shape index (κ1) is 25.1. The standard InChI is InChI=1S/C25H17F6NO4/c26-24(27,28)14-9-13(10-15(11-14)25(29,30)31)21(22(33)34)32-23(35)36-12-20-18-7-3-1-5-16(18)17-6-2-4-8-19(17)20/h1-11,20-21H,12H2,(H,32,35)(H,33,34)/t21-/m1/s1. The summed E-state index contributed by atoms with van der Waals surface area (Å²) in [4.78, 5) is 24.1. The van der Waals surface area contributed by atoms with Crippen molar-refractivity contribution in [1.82, 2.24) is 5.32 Å². The Labute approximate surface area is 200 Å². The lowest BCUT2D eigenvalue weighted by atomic mass is 9.98. The van der Waals surface area contributed by atoms with E-state index in [0.29, 0.717) is 0 Å². The average Bonchev–Trinajstić information content (AvgIpc) is 3.13. The Balaban J connectivity index is 1.56. The van der Waals surface area contributed by atoms with Crippen LogP contribution in [0.2, 0.25) is 0 Å². The van der Waals surface area contributed by atoms with Gasteiger partial charge in [0.05, 0.1) is 11.1 Å². The van der Waals surface area contributed by atoms with Crippen LogP contribution in [0.1, 0.15) is 39.8 Å². The van der Waals surface area contributed by atoms with Gasteiger partial charge in [-0.25, -0.2) is 9.59 Å². The Bertz CT molecular complexity index is 1240. The quantitative estimate of drug-likeness (QED) is 0.391. The number of ether oxygens (including phenoxy) is 1. The SMILES string of the molecule is O=C(N[C@@H](C(=O)O)c1cc(C(F)(F)F)cc(C(F)(F)F)c1)OCC1c2ccccc2-c2ccccc21. The second-order valence-electron chi connectivity index (χ2n) is 8.08. The molecular weight excluding hydrogens is 492 g/mol. The number of halogens is 6. The van der Waals surface area contributed by atoms with E-state index in [4.69, 9.17) is 4.74 Å². The first-order valence-electron chi connectivity index (χ1n) is 10.5. The smallest absolute Gasteiger partial charge is 0.416 e. The molecule has 5 nitrogen and oxygen atoms in total. The number of rotatable bonds is 5. The zero-order valence-corrected chi connectivity index (χ0v) is 18.2. The summed E-state index contributed by atoms with van der Waals surface area (Å²) < 4.78 is 84.2. The maximum absolute atomic E-state index is 13.2. The normalized spacial score (nSPS) is 14.1. The van der Waals surface area contributed by atoms with E-state index in [0.717, 1.165) is 22.3 Å². The van der Waals surface area contributed by atoms with Crippen molar-refractivity contribution in [2.75, 3.05) is 6.61 Å². The van der Waals surface area contributed by atoms with Gasteiger partial charge in [-0.3, -0.25) is 0 Å². The number of alkyl carbamates (subject to hydrolysis) is 1. The summed E-state index contributed by atoms with van der Waals surface area (Å²) in [6.45, 7) is -0.234. The molecule has 0 aromatic heterocycles. The van der Waals surface area contributed by atoms with Gasteiger partial charge in [-0.15, -0.1) is 0 Å². The van der Waals surface area contributed by atoms with Crippen molar-refractivity contribution in [3.05, 3.63) is 94.5 Å². The third kappa shape index (κ3) is 5.00. The fourth-order valence-electron chi connectivity index (χ4n) is 4.19. The van der Waals surface area contributed by atoms with Crippen molar-refractivity contribution in [3.8, 4) is 11.1 Å². The van der Waals surface area contributed by atoms with Gasteiger partial charge >= 0.3 is 24.4 Å². The molecule has 0 radical (unpaired) electrons. The average molecular weight is 509 g/mol. The van der Waals surface area contributed by atoms with Crippen LogP contribution >= 0.6 is 0 Å². The summed E-state index contributed by atoms with van der Waals surface area (Å²) in [6.07, 6.45) is -11.7. The molecule has 0 bridgehead atoms. The van der Waals surface area contributed by atoms with E-state index < -0.39 is 53.1 Å². The van der Waals surface area contributed by atoms with Crippen LogP contribution in [0.5, 0.6) is 0 Å². The number of nitrogens with one attached hydrogen (secondary N) is 1. The summed E-state index contributed by atoms with van der Waals surface area (Å²) in [6, 6.07) is 12.9. The number of carboxylic acid groups (broad SMARTS) is 1. The molecule has 0 aliphatic heterocycles. The Kier molecular flexibility index (Phi) is 6.42. The van der Waals surface area contributed by atoms with Crippen LogP contribution in [0.15, 0.2) is 66.7 Å². The van der Waals surface area contributed by atoms with Crippen LogP contribution in [-0.2, 0) is 21.9 Å². The maximum atomic E-state index is 13.2. The summed E-state index contributed by atoms with van der Waals surface area (Å²) in [5, 5.41) is 11.3. The highest BCUT2D eigenvalue weighted by atomic mass is 19.4. The van der Waals surface area contributed by atoms with Gasteiger partial charge in [0.1, 0.15) is 6.61 Å². The highest BCUT2D eigenvalue weighted by Gasteiger charge is 2.39. The monoisotopic (exact) mass is 509 g/mol. The van der Waals surface area contributed by atoms with Crippen molar-refractivity contribution in [3.63, 3.8) is 0 Å². The van der Waals surface area contributed by atoms with Gasteiger partial charge in [0.25, 0.3) is 0 Å². The number of carboxylic acids is 1. The molecule has 0 fully saturated rings. The molecule has 2 N–H and O–H groups in total. The van der Waals surface area contributed by atoms with Crippen molar-refractivity contribution in [2.45, 2.75) is 24.3 Å². The number of hydrogen-bond donors (Lipinski definition) is 2. The maximum Gasteiger partial charge on any atom is 0.416 e. The lowest BCUT2D eigenvalue weighted by Gasteiger charge is -2.20. The molecule has 4 rings (SSSR count). The van der Waals surface area contributed by atoms with Crippen LogP contribution in [0.4, 0.5) is 31.1 Å². The zero-order chi connectivity index (χ0) is 26.3. The van der Waals surface area contributed by atoms with E-state index in [1.807, 2.05) is 41.7 Å². The Morgan fingerprint density at radius 2 is 1.31 bits per heavy atom. The molecule has 188 valence electrons. The van der Waals surface area contributed by atoms with Crippen molar-refractivity contribution in [1.29, 1.82) is 0 Å². The van der Waals surface area contributed by atoms with Crippen LogP contribution in [0.3, 0.4) is 0 Å². The van der Waals surface area contributed by atoms with Gasteiger partial charge in [-0.2, -0.15) is 26.3 Å². The van der Waals surface area contributed by atoms with E-state index in [1.54, 1.807) is 12.1 Å². The molecular formula is C25H17F6NO4. The summed E-state index contributed by atoms with van der Waals surface area (Å²) in [7, 11) is 0. The minimum atomic E-state index is -5.18. The van der Waals surface area contributed by atoms with Crippen LogP contribution in [0.25, 0.3) is 11.1 Å². The summed E-state index contributed by atoms with van der Waals surface area (Å²) in [5.41, 5.74) is -0.745. The first-order valence-corrected chi connectivity index (χ1v) is 10.5. The Morgan fingerprint density at radius 1 is 0.833 bits per heavy atom. The minimum absolute atomic E-state index is 0.129. The van der Waals surface area contributed by atoms with Crippen LogP contribution in [-0.4, -0.2) is 23.8 Å². The molecule has 0 spiro atoms. The molecule has 1 amide bonds. The van der Waals surface area contributed by atoms with Gasteiger partial charge in [0.15, 0.2) is 6.04 Å². The second kappa shape index (κ2) is 9.21. The Morgan fingerprint density at radius 3 is 1.75 bits per heavy atom. The third-order valence-corrected chi connectivity index (χ3v) is 5.80. The lowest BCUT2D eigenvalue weighted by Crippen LogP contribution is -2.35. The van der Waals surface area contributed by atoms with E-state index in [1.165, 1.54) is 0 Å². The van der Waals surface area contributed by atoms with Gasteiger partial charge in [0, 0.05) is 5.92 Å². The zero-order valence-electron chi connectivity index (χ0n) is 18.2. The van der Waals surface area contributed by atoms with Gasteiger partial charge < -0.3 is 15.2 Å². The molecule has 0 heterocycles. The highest BCUT2D eigenvalue weighted by molar-refractivity contribution is 5.82. The van der Waals surface area contributed by atoms with Gasteiger partial charge in [-0.1, -0.05) is 48.5 Å². The number of carbonyl (C=O) groups excluding carboxylic acids is 1. The molecule has 0 unspecified atom stereocenters. The van der Waals surface area contributed by atoms with Crippen molar-refractivity contribution >= 4 is 12.1 Å². The number of alkyl halides is 6. The lowest BCUT2D eigenvalue weighted by molar-refractivity contribution is -0.144. The molecule has 1 aliphatic carbocycles. The molecule has 3 aromatic rings. The van der Waals surface area contributed by atoms with Gasteiger partial charge in [0.2, 0.25) is 0 Å². The Hall–Kier alpha value is -4.02. The number of aliphatic carboxylic acids is 1. The predicted molar refractivity (Wildman–Crippen MR) is 115 cm³/mol. The van der Waals surface area contributed by atoms with E-state index in [2.05, 4.69) is 0 Å². The number of fused-ring (bicyclic) bond motifs is 3. The summed E-state index contributed by atoms with van der Waals surface area (Å²) in [5.74, 6) is -2.26. The number of hydrogen-bond acceptors (Lipinski definition) is 3. The molecule has 0 saturated heterocycles. The van der Waals surface area contributed by atoms with E-state index in [9.17, 15) is 41.0 Å². The minimum Gasteiger partial charge on any atom is -0.479 e. The van der Waals surface area contributed by atoms with E-state index >= 15 is 0 Å². The molecule has 1 atom stereocenters. The fourth-order valence-corrected chi connectivity index (χ4v) is 4.19. The first-order chi connectivity index (χ1) is 16.9. The largest absolute Gasteiger partial charge is 0.479 e. The topological polar surface area (TPSA) is 75.6 Å². The van der Waals surface area contributed by atoms with E-state index in [-0.39, 0.29) is 24.8 Å². The van der Waals surface area contributed by atoms with Crippen LogP contribution in [0, 0.1) is 0 Å². The fraction of sp³-hybridized carbons (Fsp3) is 0.200. The molecule has 3 aromatic carbocycles. The van der Waals surface area contributed by atoms with Crippen molar-refractivity contribution in [2.24, 2.45) is 0 Å². The van der Waals surface area contributed by atoms with Gasteiger partial charge in [-0.05, 0) is 46.0 Å². The number of benzene rings is 3. The molecule has 1 aliphatic rings. The van der Waals surface area contributed by atoms with Crippen molar-refractivity contribution < 1.29 is 45.8 Å². The second-order valence-corrected chi connectivity index (χ2v) is 8.08. The third-order valence-electron chi connectivity index (χ3n) is 5.80. The van der Waals surface area contributed by atoms with Crippen LogP contribution < -0.4 is 5.32 Å². The highest BCUT2D eigenvalue weighted by Crippen LogP contribution is 2.44. The molecule has 36 heavy (non-hydrogen) atoms. The number of amides is 1. The number of carbonyl (C=O) groups is 2. The molecule has 11 heteroatoms. The summed E-state index contributed by atoms with van der Waals surface area (Å²) >= 11 is 0. The predicted octanol–water partition coefficient (Wildman–Crippen LogP) is 6.39. The molecule has 0 saturated carbocycles.